The summed E-state index contributed by atoms with van der Waals surface area (Å²) in [6, 6.07) is 25.6. The summed E-state index contributed by atoms with van der Waals surface area (Å²) < 4.78 is 0. The van der Waals surface area contributed by atoms with Gasteiger partial charge in [0.15, 0.2) is 0 Å². The fourth-order valence-electron chi connectivity index (χ4n) is 5.00. The Bertz CT molecular complexity index is 1940. The number of hydrogen-bond donors (Lipinski definition) is 4. The Kier molecular flexibility index (Phi) is 10.6. The van der Waals surface area contributed by atoms with Crippen molar-refractivity contribution < 1.29 is 39.6 Å². The van der Waals surface area contributed by atoms with Gasteiger partial charge in [-0.1, -0.05) is 97.1 Å². The molecule has 0 aliphatic carbocycles. The van der Waals surface area contributed by atoms with E-state index in [1.54, 1.807) is 121 Å². The first-order valence-corrected chi connectivity index (χ1v) is 15.1. The quantitative estimate of drug-likeness (QED) is 0.102. The molecule has 0 unspecified atom stereocenters. The Morgan fingerprint density at radius 2 is 0.540 bits per heavy atom. The lowest BCUT2D eigenvalue weighted by Crippen LogP contribution is -2.02. The third kappa shape index (κ3) is 8.20. The van der Waals surface area contributed by atoms with E-state index in [1.807, 2.05) is 0 Å². The van der Waals surface area contributed by atoms with Crippen molar-refractivity contribution in [2.24, 2.45) is 0 Å². The van der Waals surface area contributed by atoms with Crippen LogP contribution in [-0.2, 0) is 0 Å². The van der Waals surface area contributed by atoms with Gasteiger partial charge in [-0.2, -0.15) is 0 Å². The molecule has 0 amide bonds. The average Bonchev–Trinajstić information content (AvgIpc) is 3.12. The summed E-state index contributed by atoms with van der Waals surface area (Å²) in [7, 11) is 0. The smallest absolute Gasteiger partial charge is 0.336 e. The molecular formula is C40H28N2O8. The van der Waals surface area contributed by atoms with Crippen LogP contribution in [0.4, 0.5) is 0 Å². The highest BCUT2D eigenvalue weighted by molar-refractivity contribution is 5.97. The summed E-state index contributed by atoms with van der Waals surface area (Å²) in [5.74, 6) is -4.48. The number of nitrogens with zero attached hydrogens (tertiary/aromatic N) is 2. The Morgan fingerprint density at radius 1 is 0.340 bits per heavy atom. The normalized spacial score (nSPS) is 11.5. The second-order valence-electron chi connectivity index (χ2n) is 10.7. The van der Waals surface area contributed by atoms with Crippen molar-refractivity contribution >= 4 is 72.5 Å². The SMILES string of the molecule is O=C(O)c1ccccc1C=Cc1nc(C=Cc2ccccc2C(=O)O)c(C=Cc2ccccc2C(=O)O)nc1C=Cc1ccccc1C(=O)O. The summed E-state index contributed by atoms with van der Waals surface area (Å²) in [4.78, 5) is 57.2. The van der Waals surface area contributed by atoms with Crippen LogP contribution in [0.5, 0.6) is 0 Å². The first-order chi connectivity index (χ1) is 24.1. The molecule has 5 aromatic rings. The Hall–Kier alpha value is -7.20. The molecule has 0 radical (unpaired) electrons. The van der Waals surface area contributed by atoms with Crippen molar-refractivity contribution in [1.29, 1.82) is 0 Å². The van der Waals surface area contributed by atoms with Crippen LogP contribution in [0.15, 0.2) is 97.1 Å². The van der Waals surface area contributed by atoms with Gasteiger partial charge in [0, 0.05) is 0 Å². The molecule has 0 spiro atoms. The fourth-order valence-corrected chi connectivity index (χ4v) is 5.00. The lowest BCUT2D eigenvalue weighted by molar-refractivity contribution is 0.0686. The topological polar surface area (TPSA) is 175 Å². The minimum Gasteiger partial charge on any atom is -0.478 e. The molecular weight excluding hydrogens is 636 g/mol. The molecule has 50 heavy (non-hydrogen) atoms. The van der Waals surface area contributed by atoms with Gasteiger partial charge in [-0.25, -0.2) is 29.1 Å². The Morgan fingerprint density at radius 3 is 0.740 bits per heavy atom. The average molecular weight is 665 g/mol. The van der Waals surface area contributed by atoms with Crippen LogP contribution in [0, 0.1) is 0 Å². The molecule has 4 aromatic carbocycles. The third-order valence-corrected chi connectivity index (χ3v) is 7.45. The summed E-state index contributed by atoms with van der Waals surface area (Å²) >= 11 is 0. The van der Waals surface area contributed by atoms with Crippen LogP contribution in [0.25, 0.3) is 48.6 Å². The number of carboxylic acid groups (broad SMARTS) is 4. The third-order valence-electron chi connectivity index (χ3n) is 7.45. The van der Waals surface area contributed by atoms with Crippen molar-refractivity contribution in [1.82, 2.24) is 9.97 Å². The molecule has 0 atom stereocenters. The zero-order valence-electron chi connectivity index (χ0n) is 26.2. The zero-order chi connectivity index (χ0) is 35.6. The number of aromatic nitrogens is 2. The lowest BCUT2D eigenvalue weighted by Gasteiger charge is -2.09. The first kappa shape index (κ1) is 34.1. The standard InChI is InChI=1S/C40H28N2O8/c43-37(44)29-13-5-1-9-25(29)17-21-33-34(22-18-26-10-2-6-14-30(26)38(45)46)42-36(24-20-28-12-4-8-16-32(28)40(49)50)35(41-33)23-19-27-11-3-7-15-31(27)39(47)48/h1-24H,(H,43,44)(H,45,46)(H,47,48)(H,49,50). The first-order valence-electron chi connectivity index (χ1n) is 15.1. The summed E-state index contributed by atoms with van der Waals surface area (Å²) in [6.07, 6.45) is 12.6. The molecule has 0 fully saturated rings. The summed E-state index contributed by atoms with van der Waals surface area (Å²) in [5.41, 5.74) is 2.96. The van der Waals surface area contributed by atoms with Crippen molar-refractivity contribution in [2.75, 3.05) is 0 Å². The summed E-state index contributed by atoms with van der Waals surface area (Å²) in [6.45, 7) is 0. The van der Waals surface area contributed by atoms with Crippen LogP contribution >= 0.6 is 0 Å². The van der Waals surface area contributed by atoms with Crippen LogP contribution in [0.2, 0.25) is 0 Å². The van der Waals surface area contributed by atoms with Crippen LogP contribution < -0.4 is 0 Å². The maximum atomic E-state index is 11.9. The number of carbonyl (C=O) groups is 4. The van der Waals surface area contributed by atoms with Crippen molar-refractivity contribution in [2.45, 2.75) is 0 Å². The molecule has 0 aliphatic rings. The van der Waals surface area contributed by atoms with Gasteiger partial charge in [0.2, 0.25) is 0 Å². The molecule has 10 heteroatoms. The zero-order valence-corrected chi connectivity index (χ0v) is 26.2. The molecule has 4 N–H and O–H groups in total. The minimum atomic E-state index is -1.12. The van der Waals surface area contributed by atoms with E-state index in [0.29, 0.717) is 22.3 Å². The van der Waals surface area contributed by atoms with E-state index in [4.69, 9.17) is 9.97 Å². The van der Waals surface area contributed by atoms with Gasteiger partial charge in [-0.05, 0) is 70.8 Å². The number of benzene rings is 4. The van der Waals surface area contributed by atoms with Crippen LogP contribution in [-0.4, -0.2) is 54.3 Å². The number of hydrogen-bond acceptors (Lipinski definition) is 6. The number of rotatable bonds is 12. The maximum Gasteiger partial charge on any atom is 0.336 e. The monoisotopic (exact) mass is 664 g/mol. The molecule has 1 aromatic heterocycles. The van der Waals surface area contributed by atoms with E-state index >= 15 is 0 Å². The van der Waals surface area contributed by atoms with Gasteiger partial charge in [-0.3, -0.25) is 0 Å². The minimum absolute atomic E-state index is 0.0613. The van der Waals surface area contributed by atoms with Gasteiger partial charge in [0.05, 0.1) is 45.0 Å². The molecule has 1 heterocycles. The highest BCUT2D eigenvalue weighted by atomic mass is 16.4. The van der Waals surface area contributed by atoms with Crippen molar-refractivity contribution in [3.05, 3.63) is 164 Å². The van der Waals surface area contributed by atoms with E-state index in [2.05, 4.69) is 0 Å². The highest BCUT2D eigenvalue weighted by Gasteiger charge is 2.13. The number of aromatic carboxylic acids is 4. The highest BCUT2D eigenvalue weighted by Crippen LogP contribution is 2.23. The largest absolute Gasteiger partial charge is 0.478 e. The van der Waals surface area contributed by atoms with Gasteiger partial charge >= 0.3 is 23.9 Å². The molecule has 5 rings (SSSR count). The van der Waals surface area contributed by atoms with E-state index in [9.17, 15) is 39.6 Å². The molecule has 246 valence electrons. The van der Waals surface area contributed by atoms with E-state index in [1.165, 1.54) is 24.3 Å². The van der Waals surface area contributed by atoms with E-state index < -0.39 is 23.9 Å². The maximum absolute atomic E-state index is 11.9. The second-order valence-corrected chi connectivity index (χ2v) is 10.7. The Labute approximate surface area is 286 Å². The fraction of sp³-hybridized carbons (Fsp3) is 0. The second kappa shape index (κ2) is 15.6. The van der Waals surface area contributed by atoms with Crippen LogP contribution in [0.1, 0.15) is 86.5 Å². The molecule has 0 aliphatic heterocycles. The Balaban J connectivity index is 1.73. The lowest BCUT2D eigenvalue weighted by atomic mass is 10.0. The van der Waals surface area contributed by atoms with E-state index in [0.717, 1.165) is 0 Å². The summed E-state index contributed by atoms with van der Waals surface area (Å²) in [5, 5.41) is 38.8. The molecule has 0 saturated heterocycles. The van der Waals surface area contributed by atoms with Gasteiger partial charge < -0.3 is 20.4 Å². The number of carboxylic acids is 4. The van der Waals surface area contributed by atoms with E-state index in [-0.39, 0.29) is 45.0 Å². The molecule has 0 bridgehead atoms. The van der Waals surface area contributed by atoms with Gasteiger partial charge in [0.25, 0.3) is 0 Å². The van der Waals surface area contributed by atoms with Crippen molar-refractivity contribution in [3.63, 3.8) is 0 Å². The molecule has 0 saturated carbocycles. The van der Waals surface area contributed by atoms with Gasteiger partial charge in [0.1, 0.15) is 0 Å². The van der Waals surface area contributed by atoms with Gasteiger partial charge in [-0.15, -0.1) is 0 Å². The predicted octanol–water partition coefficient (Wildman–Crippen LogP) is 7.95. The predicted molar refractivity (Wildman–Crippen MR) is 191 cm³/mol. The molecule has 10 nitrogen and oxygen atoms in total. The van der Waals surface area contributed by atoms with Crippen LogP contribution in [0.3, 0.4) is 0 Å². The van der Waals surface area contributed by atoms with Crippen molar-refractivity contribution in [3.8, 4) is 0 Å².